The van der Waals surface area contributed by atoms with Gasteiger partial charge in [0, 0.05) is 33.4 Å². The minimum Gasteiger partial charge on any atom is -0.495 e. The largest absolute Gasteiger partial charge is 0.495 e. The van der Waals surface area contributed by atoms with Crippen LogP contribution in [0.4, 0.5) is 0 Å². The first-order valence-electron chi connectivity index (χ1n) is 5.64. The fraction of sp³-hybridized carbons (Fsp3) is 0.308. The van der Waals surface area contributed by atoms with E-state index in [0.717, 1.165) is 5.69 Å². The summed E-state index contributed by atoms with van der Waals surface area (Å²) in [6, 6.07) is 0. The van der Waals surface area contributed by atoms with Gasteiger partial charge < -0.3 is 13.9 Å². The van der Waals surface area contributed by atoms with E-state index < -0.39 is 0 Å². The molecule has 0 aliphatic heterocycles. The number of Topliss-reactive ketones (excluding diaryl/α,β-unsaturated/α-hetero) is 1. The number of ether oxygens (including phenoxy) is 1. The van der Waals surface area contributed by atoms with E-state index in [1.807, 2.05) is 24.9 Å². The highest BCUT2D eigenvalue weighted by molar-refractivity contribution is 5.91. The number of carbonyl (C=O) groups excluding carboxylic acids is 1. The normalized spacial score (nSPS) is 9.47. The molecular weight excluding hydrogens is 244 g/mol. The number of carbonyl (C=O) groups is 1. The highest BCUT2D eigenvalue weighted by atomic mass is 16.5. The lowest BCUT2D eigenvalue weighted by atomic mass is 10.3. The first kappa shape index (κ1) is 14.7. The first-order chi connectivity index (χ1) is 8.93. The van der Waals surface area contributed by atoms with E-state index >= 15 is 0 Å². The minimum atomic E-state index is 0.00981. The van der Waals surface area contributed by atoms with Gasteiger partial charge in [0.15, 0.2) is 5.78 Å². The molecule has 2 aromatic rings. The Morgan fingerprint density at radius 3 is 1.89 bits per heavy atom. The second-order valence-electron chi connectivity index (χ2n) is 4.03. The van der Waals surface area contributed by atoms with Crippen molar-refractivity contribution in [2.75, 3.05) is 7.11 Å². The zero-order valence-corrected chi connectivity index (χ0v) is 11.6. The number of imidazole rings is 2. The molecule has 0 N–H and O–H groups in total. The van der Waals surface area contributed by atoms with E-state index in [-0.39, 0.29) is 5.78 Å². The number of methoxy groups -OCH3 is 1. The van der Waals surface area contributed by atoms with Crippen LogP contribution in [0.2, 0.25) is 0 Å². The van der Waals surface area contributed by atoms with Crippen LogP contribution in [0.15, 0.2) is 31.6 Å². The molecule has 19 heavy (non-hydrogen) atoms. The molecule has 0 aliphatic carbocycles. The van der Waals surface area contributed by atoms with Crippen molar-refractivity contribution in [3.63, 3.8) is 0 Å². The summed E-state index contributed by atoms with van der Waals surface area (Å²) in [6.45, 7) is 5.16. The number of aryl methyl sites for hydroxylation is 2. The molecule has 0 radical (unpaired) electrons. The lowest BCUT2D eigenvalue weighted by Crippen LogP contribution is -1.90. The molecule has 0 amide bonds. The molecule has 0 unspecified atom stereocenters. The van der Waals surface area contributed by atoms with Crippen LogP contribution in [0.25, 0.3) is 5.76 Å². The van der Waals surface area contributed by atoms with Crippen LogP contribution in [-0.4, -0.2) is 32.0 Å². The maximum atomic E-state index is 10.6. The molecule has 102 valence electrons. The molecule has 0 aromatic carbocycles. The van der Waals surface area contributed by atoms with Crippen molar-refractivity contribution in [1.82, 2.24) is 19.1 Å². The number of rotatable bonds is 3. The molecule has 0 fully saturated rings. The van der Waals surface area contributed by atoms with Gasteiger partial charge in [-0.2, -0.15) is 0 Å². The smallest absolute Gasteiger partial charge is 0.179 e. The molecule has 0 saturated carbocycles. The van der Waals surface area contributed by atoms with Crippen molar-refractivity contribution in [2.45, 2.75) is 6.92 Å². The van der Waals surface area contributed by atoms with E-state index in [1.54, 1.807) is 30.5 Å². The Morgan fingerprint density at radius 2 is 1.63 bits per heavy atom. The van der Waals surface area contributed by atoms with Crippen LogP contribution in [0.1, 0.15) is 23.1 Å². The van der Waals surface area contributed by atoms with Crippen LogP contribution < -0.4 is 0 Å². The second kappa shape index (κ2) is 6.53. The Bertz CT molecular complexity index is 569. The minimum absolute atomic E-state index is 0.00981. The highest BCUT2D eigenvalue weighted by Crippen LogP contribution is 2.07. The fourth-order valence-electron chi connectivity index (χ4n) is 1.26. The summed E-state index contributed by atoms with van der Waals surface area (Å²) in [5.41, 5.74) is 1.31. The monoisotopic (exact) mass is 262 g/mol. The van der Waals surface area contributed by atoms with E-state index in [4.69, 9.17) is 4.74 Å². The predicted molar refractivity (Wildman–Crippen MR) is 72.5 cm³/mol. The van der Waals surface area contributed by atoms with Gasteiger partial charge in [-0.05, 0) is 0 Å². The van der Waals surface area contributed by atoms with E-state index in [9.17, 15) is 4.79 Å². The average Bonchev–Trinajstić information content (AvgIpc) is 2.98. The third-order valence-corrected chi connectivity index (χ3v) is 2.30. The third-order valence-electron chi connectivity index (χ3n) is 2.30. The zero-order chi connectivity index (χ0) is 14.4. The number of aromatic nitrogens is 4. The van der Waals surface area contributed by atoms with Crippen molar-refractivity contribution in [2.24, 2.45) is 14.1 Å². The van der Waals surface area contributed by atoms with Gasteiger partial charge in [0.05, 0.1) is 19.8 Å². The third kappa shape index (κ3) is 4.42. The van der Waals surface area contributed by atoms with Crippen LogP contribution in [0, 0.1) is 0 Å². The summed E-state index contributed by atoms with van der Waals surface area (Å²) >= 11 is 0. The summed E-state index contributed by atoms with van der Waals surface area (Å²) in [6.07, 6.45) is 6.87. The Labute approximate surface area is 112 Å². The van der Waals surface area contributed by atoms with E-state index in [0.29, 0.717) is 11.5 Å². The van der Waals surface area contributed by atoms with E-state index in [2.05, 4.69) is 16.5 Å². The average molecular weight is 262 g/mol. The number of nitrogens with zero attached hydrogens (tertiary/aromatic N) is 4. The van der Waals surface area contributed by atoms with Gasteiger partial charge in [-0.25, -0.2) is 9.97 Å². The van der Waals surface area contributed by atoms with Crippen molar-refractivity contribution in [3.8, 4) is 0 Å². The first-order valence-corrected chi connectivity index (χ1v) is 5.64. The summed E-state index contributed by atoms with van der Waals surface area (Å²) in [5, 5.41) is 0. The molecule has 0 atom stereocenters. The Kier molecular flexibility index (Phi) is 5.05. The van der Waals surface area contributed by atoms with Gasteiger partial charge in [0.2, 0.25) is 0 Å². The summed E-state index contributed by atoms with van der Waals surface area (Å²) in [7, 11) is 5.32. The van der Waals surface area contributed by atoms with Crippen molar-refractivity contribution in [3.05, 3.63) is 43.0 Å². The Balaban J connectivity index is 0.000000191. The summed E-state index contributed by atoms with van der Waals surface area (Å²) in [4.78, 5) is 18.4. The molecule has 2 rings (SSSR count). The molecule has 0 bridgehead atoms. The van der Waals surface area contributed by atoms with Crippen molar-refractivity contribution in [1.29, 1.82) is 0 Å². The second-order valence-corrected chi connectivity index (χ2v) is 4.03. The number of hydrogen-bond donors (Lipinski definition) is 0. The van der Waals surface area contributed by atoms with Gasteiger partial charge in [0.25, 0.3) is 0 Å². The SMILES string of the molecule is C=C(OC)c1cn(C)cn1.CC(=O)c1cn(C)cn1. The number of hydrogen-bond acceptors (Lipinski definition) is 4. The maximum Gasteiger partial charge on any atom is 0.179 e. The van der Waals surface area contributed by atoms with Crippen LogP contribution in [0.5, 0.6) is 0 Å². The van der Waals surface area contributed by atoms with Crippen molar-refractivity contribution < 1.29 is 9.53 Å². The van der Waals surface area contributed by atoms with Crippen LogP contribution in [0.3, 0.4) is 0 Å². The lowest BCUT2D eigenvalue weighted by Gasteiger charge is -1.96. The van der Waals surface area contributed by atoms with Crippen molar-refractivity contribution >= 4 is 11.5 Å². The fourth-order valence-corrected chi connectivity index (χ4v) is 1.26. The van der Waals surface area contributed by atoms with Gasteiger partial charge in [-0.15, -0.1) is 0 Å². The van der Waals surface area contributed by atoms with E-state index in [1.165, 1.54) is 6.92 Å². The number of ketones is 1. The van der Waals surface area contributed by atoms with Crippen LogP contribution >= 0.6 is 0 Å². The topological polar surface area (TPSA) is 61.9 Å². The van der Waals surface area contributed by atoms with Gasteiger partial charge in [-0.1, -0.05) is 6.58 Å². The summed E-state index contributed by atoms with van der Waals surface area (Å²) in [5.74, 6) is 0.608. The van der Waals surface area contributed by atoms with Gasteiger partial charge in [0.1, 0.15) is 17.1 Å². The van der Waals surface area contributed by atoms with Crippen LogP contribution in [-0.2, 0) is 18.8 Å². The molecule has 0 saturated heterocycles. The maximum absolute atomic E-state index is 10.6. The molecule has 2 heterocycles. The quantitative estimate of drug-likeness (QED) is 0.623. The Morgan fingerprint density at radius 1 is 1.16 bits per heavy atom. The van der Waals surface area contributed by atoms with Gasteiger partial charge >= 0.3 is 0 Å². The van der Waals surface area contributed by atoms with Gasteiger partial charge in [-0.3, -0.25) is 4.79 Å². The Hall–Kier alpha value is -2.37. The molecule has 0 aliphatic rings. The molecule has 6 nitrogen and oxygen atoms in total. The summed E-state index contributed by atoms with van der Waals surface area (Å²) < 4.78 is 8.47. The molecular formula is C13H18N4O2. The standard InChI is InChI=1S/C7H10N2O.C6H8N2O/c1-6(10-3)7-4-9(2)5-8-7;1-5(9)6-3-8(2)4-7-6/h4-5H,1H2,2-3H3;3-4H,1-2H3. The molecule has 6 heteroatoms. The molecule has 2 aromatic heterocycles. The zero-order valence-electron chi connectivity index (χ0n) is 11.6. The molecule has 0 spiro atoms. The highest BCUT2D eigenvalue weighted by Gasteiger charge is 1.99. The predicted octanol–water partition coefficient (Wildman–Crippen LogP) is 1.66. The lowest BCUT2D eigenvalue weighted by molar-refractivity contribution is 0.101.